The van der Waals surface area contributed by atoms with Gasteiger partial charge >= 0.3 is 12.2 Å². The number of carbonyl (C=O) groups excluding carboxylic acids is 2. The van der Waals surface area contributed by atoms with Crippen molar-refractivity contribution >= 4 is 41.1 Å². The second kappa shape index (κ2) is 11.0. The molecule has 1 saturated heterocycles. The molecule has 1 saturated carbocycles. The molecule has 1 aliphatic carbocycles. The Morgan fingerprint density at radius 1 is 1.25 bits per heavy atom. The standard InChI is InChI=1S/C24H35ClFN5O5/c1-13(2)31(23(35)36-24(3,4)5)12-14-8-9-30(11-14)20-17(26)10-16(21(32)28-29-22(33)34)19(18(20)25)27-15-6-7-15/h10,13-15,27,29H,6-9,11-12H2,1-5H3,(H,28,32)(H,33,34). The number of anilines is 2. The smallest absolute Gasteiger partial charge is 0.423 e. The number of rotatable bonds is 7. The van der Waals surface area contributed by atoms with E-state index in [1.165, 1.54) is 0 Å². The average Bonchev–Trinajstić information content (AvgIpc) is 3.46. The van der Waals surface area contributed by atoms with Crippen LogP contribution in [0.15, 0.2) is 6.07 Å². The van der Waals surface area contributed by atoms with E-state index in [0.717, 1.165) is 25.3 Å². The maximum Gasteiger partial charge on any atom is 0.423 e. The first-order chi connectivity index (χ1) is 16.8. The molecule has 0 bridgehead atoms. The predicted molar refractivity (Wildman–Crippen MR) is 135 cm³/mol. The van der Waals surface area contributed by atoms with Crippen molar-refractivity contribution in [3.05, 3.63) is 22.5 Å². The van der Waals surface area contributed by atoms with Gasteiger partial charge in [0.05, 0.1) is 22.0 Å². The molecule has 0 aromatic heterocycles. The number of nitrogens with zero attached hydrogens (tertiary/aromatic N) is 2. The van der Waals surface area contributed by atoms with Gasteiger partial charge in [0.25, 0.3) is 5.91 Å². The number of halogens is 2. The van der Waals surface area contributed by atoms with Crippen LogP contribution in [0.4, 0.5) is 25.4 Å². The minimum atomic E-state index is -1.45. The summed E-state index contributed by atoms with van der Waals surface area (Å²) < 4.78 is 20.9. The van der Waals surface area contributed by atoms with Crippen LogP contribution in [0.2, 0.25) is 5.02 Å². The summed E-state index contributed by atoms with van der Waals surface area (Å²) in [5, 5.41) is 12.0. The number of hydrogen-bond acceptors (Lipinski definition) is 6. The zero-order valence-electron chi connectivity index (χ0n) is 21.3. The van der Waals surface area contributed by atoms with E-state index in [2.05, 4.69) is 5.32 Å². The first kappa shape index (κ1) is 27.6. The van der Waals surface area contributed by atoms with Gasteiger partial charge in [-0.2, -0.15) is 0 Å². The summed E-state index contributed by atoms with van der Waals surface area (Å²) in [5.74, 6) is -1.44. The minimum Gasteiger partial charge on any atom is -0.464 e. The van der Waals surface area contributed by atoms with Gasteiger partial charge in [-0.25, -0.2) is 19.4 Å². The SMILES string of the molecule is CC(C)N(CC1CCN(c2c(F)cc(C(=O)NNC(=O)O)c(NC3CC3)c2Cl)C1)C(=O)OC(C)(C)C. The Morgan fingerprint density at radius 2 is 1.92 bits per heavy atom. The molecule has 12 heteroatoms. The monoisotopic (exact) mass is 527 g/mol. The molecule has 1 aliphatic heterocycles. The van der Waals surface area contributed by atoms with Crippen molar-refractivity contribution in [1.29, 1.82) is 0 Å². The molecule has 1 aromatic rings. The first-order valence-corrected chi connectivity index (χ1v) is 12.5. The van der Waals surface area contributed by atoms with Gasteiger partial charge < -0.3 is 25.0 Å². The molecule has 200 valence electrons. The second-order valence-corrected chi connectivity index (χ2v) is 11.0. The lowest BCUT2D eigenvalue weighted by Crippen LogP contribution is -2.44. The van der Waals surface area contributed by atoms with Crippen molar-refractivity contribution in [3.8, 4) is 0 Å². The zero-order valence-corrected chi connectivity index (χ0v) is 22.0. The molecular formula is C24H35ClFN5O5. The van der Waals surface area contributed by atoms with Crippen molar-refractivity contribution in [2.45, 2.75) is 71.6 Å². The molecule has 10 nitrogen and oxygen atoms in total. The maximum absolute atomic E-state index is 15.3. The first-order valence-electron chi connectivity index (χ1n) is 12.1. The second-order valence-electron chi connectivity index (χ2n) is 10.6. The molecule has 3 amide bonds. The Balaban J connectivity index is 1.80. The third kappa shape index (κ3) is 7.05. The number of ether oxygens (including phenoxy) is 1. The van der Waals surface area contributed by atoms with Crippen molar-refractivity contribution in [2.24, 2.45) is 5.92 Å². The van der Waals surface area contributed by atoms with Gasteiger partial charge in [-0.3, -0.25) is 10.2 Å². The number of carboxylic acid groups (broad SMARTS) is 1. The van der Waals surface area contributed by atoms with Crippen LogP contribution in [0.5, 0.6) is 0 Å². The lowest BCUT2D eigenvalue weighted by Gasteiger charge is -2.32. The number of benzene rings is 1. The molecular weight excluding hydrogens is 493 g/mol. The van der Waals surface area contributed by atoms with Gasteiger partial charge in [0.1, 0.15) is 11.4 Å². The Morgan fingerprint density at radius 3 is 2.47 bits per heavy atom. The van der Waals surface area contributed by atoms with E-state index >= 15 is 4.39 Å². The van der Waals surface area contributed by atoms with Crippen LogP contribution < -0.4 is 21.1 Å². The normalized spacial score (nSPS) is 17.7. The van der Waals surface area contributed by atoms with Crippen LogP contribution in [0, 0.1) is 11.7 Å². The van der Waals surface area contributed by atoms with Crippen molar-refractivity contribution in [2.75, 3.05) is 29.9 Å². The number of hydrazine groups is 1. The van der Waals surface area contributed by atoms with E-state index in [9.17, 15) is 14.4 Å². The highest BCUT2D eigenvalue weighted by molar-refractivity contribution is 6.37. The number of nitrogens with one attached hydrogen (secondary N) is 3. The Bertz CT molecular complexity index is 1010. The lowest BCUT2D eigenvalue weighted by molar-refractivity contribution is 0.0162. The summed E-state index contributed by atoms with van der Waals surface area (Å²) in [4.78, 5) is 39.5. The lowest BCUT2D eigenvalue weighted by atomic mass is 10.1. The van der Waals surface area contributed by atoms with Crippen LogP contribution in [-0.2, 0) is 4.74 Å². The Labute approximate surface area is 215 Å². The van der Waals surface area contributed by atoms with Gasteiger partial charge in [0.15, 0.2) is 0 Å². The Kier molecular flexibility index (Phi) is 8.43. The van der Waals surface area contributed by atoms with Gasteiger partial charge in [-0.05, 0) is 65.9 Å². The fourth-order valence-electron chi connectivity index (χ4n) is 4.11. The molecule has 0 spiro atoms. The maximum atomic E-state index is 15.3. The summed E-state index contributed by atoms with van der Waals surface area (Å²) in [6.45, 7) is 10.8. The molecule has 2 aliphatic rings. The fraction of sp³-hybridized carbons (Fsp3) is 0.625. The van der Waals surface area contributed by atoms with E-state index in [-0.39, 0.29) is 46.1 Å². The largest absolute Gasteiger partial charge is 0.464 e. The van der Waals surface area contributed by atoms with E-state index < -0.39 is 23.4 Å². The topological polar surface area (TPSA) is 123 Å². The van der Waals surface area contributed by atoms with Crippen LogP contribution in [0.1, 0.15) is 64.2 Å². The van der Waals surface area contributed by atoms with Crippen LogP contribution in [0.25, 0.3) is 0 Å². The van der Waals surface area contributed by atoms with E-state index in [0.29, 0.717) is 19.6 Å². The van der Waals surface area contributed by atoms with Gasteiger partial charge in [-0.1, -0.05) is 11.6 Å². The third-order valence-electron chi connectivity index (χ3n) is 5.96. The summed E-state index contributed by atoms with van der Waals surface area (Å²) in [5.41, 5.74) is 3.55. The van der Waals surface area contributed by atoms with Gasteiger partial charge in [0.2, 0.25) is 0 Å². The average molecular weight is 528 g/mol. The molecule has 1 aromatic carbocycles. The molecule has 4 N–H and O–H groups in total. The summed E-state index contributed by atoms with van der Waals surface area (Å²) in [6.07, 6.45) is 0.658. The highest BCUT2D eigenvalue weighted by Gasteiger charge is 2.34. The van der Waals surface area contributed by atoms with E-state index in [4.69, 9.17) is 21.4 Å². The molecule has 1 heterocycles. The fourth-order valence-corrected chi connectivity index (χ4v) is 4.47. The van der Waals surface area contributed by atoms with Crippen molar-refractivity contribution in [3.63, 3.8) is 0 Å². The van der Waals surface area contributed by atoms with Gasteiger partial charge in [0, 0.05) is 31.7 Å². The highest BCUT2D eigenvalue weighted by Crippen LogP contribution is 2.42. The molecule has 36 heavy (non-hydrogen) atoms. The van der Waals surface area contributed by atoms with Crippen molar-refractivity contribution < 1.29 is 28.6 Å². The molecule has 2 fully saturated rings. The molecule has 1 atom stereocenters. The van der Waals surface area contributed by atoms with Crippen molar-refractivity contribution in [1.82, 2.24) is 15.8 Å². The summed E-state index contributed by atoms with van der Waals surface area (Å²) >= 11 is 6.66. The third-order valence-corrected chi connectivity index (χ3v) is 6.32. The number of carbonyl (C=O) groups is 3. The Hall–Kier alpha value is -2.95. The van der Waals surface area contributed by atoms with E-state index in [1.54, 1.807) is 10.3 Å². The summed E-state index contributed by atoms with van der Waals surface area (Å²) in [6, 6.07) is 1.11. The minimum absolute atomic E-state index is 0.0656. The molecule has 3 rings (SSSR count). The van der Waals surface area contributed by atoms with Crippen LogP contribution >= 0.6 is 11.6 Å². The number of hydrogen-bond donors (Lipinski definition) is 4. The van der Waals surface area contributed by atoms with Crippen LogP contribution in [0.3, 0.4) is 0 Å². The zero-order chi connectivity index (χ0) is 26.8. The molecule has 1 unspecified atom stereocenters. The number of amides is 3. The van der Waals surface area contributed by atoms with Crippen LogP contribution in [-0.4, -0.2) is 65.4 Å². The van der Waals surface area contributed by atoms with E-state index in [1.807, 2.05) is 44.9 Å². The summed E-state index contributed by atoms with van der Waals surface area (Å²) in [7, 11) is 0. The predicted octanol–water partition coefficient (Wildman–Crippen LogP) is 4.44. The van der Waals surface area contributed by atoms with Gasteiger partial charge in [-0.15, -0.1) is 0 Å². The highest BCUT2D eigenvalue weighted by atomic mass is 35.5. The molecule has 0 radical (unpaired) electrons. The quantitative estimate of drug-likeness (QED) is 0.386.